The molecule has 3 aromatic rings. The standard InChI is InChI=1S/C29H25N5O2/c30-14-24-10-9-20-3-8-23(13-25(20)31-24)19-1-4-21(5-2-19)26-32-29(11-12-29)28(36)34(26)17-18-15-33(16-18)27(35)22-6-7-22/h1-5,8-10,13,18,22H,6-7,11-12,15-17H2. The molecular formula is C29H25N5O2. The van der Waals surface area contributed by atoms with Crippen molar-refractivity contribution in [3.8, 4) is 17.2 Å². The van der Waals surface area contributed by atoms with Crippen molar-refractivity contribution in [1.82, 2.24) is 14.8 Å². The van der Waals surface area contributed by atoms with Crippen molar-refractivity contribution in [2.75, 3.05) is 19.6 Å². The molecule has 7 heteroatoms. The highest BCUT2D eigenvalue weighted by Gasteiger charge is 2.57. The first-order chi connectivity index (χ1) is 17.5. The van der Waals surface area contributed by atoms with Crippen LogP contribution in [0.5, 0.6) is 0 Å². The van der Waals surface area contributed by atoms with Gasteiger partial charge in [-0.25, -0.2) is 4.98 Å². The lowest BCUT2D eigenvalue weighted by atomic mass is 9.97. The molecule has 4 aliphatic rings. The molecule has 0 N–H and O–H groups in total. The number of aromatic nitrogens is 1. The zero-order valence-corrected chi connectivity index (χ0v) is 19.9. The van der Waals surface area contributed by atoms with E-state index in [1.54, 1.807) is 6.07 Å². The van der Waals surface area contributed by atoms with Crippen molar-refractivity contribution in [1.29, 1.82) is 5.26 Å². The molecule has 36 heavy (non-hydrogen) atoms. The highest BCUT2D eigenvalue weighted by molar-refractivity contribution is 6.16. The molecule has 1 spiro atoms. The second-order valence-electron chi connectivity index (χ2n) is 10.6. The van der Waals surface area contributed by atoms with E-state index in [0.29, 0.717) is 18.2 Å². The number of amides is 2. The lowest BCUT2D eigenvalue weighted by Crippen LogP contribution is -2.55. The monoisotopic (exact) mass is 475 g/mol. The highest BCUT2D eigenvalue weighted by Crippen LogP contribution is 2.46. The summed E-state index contributed by atoms with van der Waals surface area (Å²) in [7, 11) is 0. The molecule has 0 unspecified atom stereocenters. The summed E-state index contributed by atoms with van der Waals surface area (Å²) >= 11 is 0. The Hall–Kier alpha value is -4.05. The quantitative estimate of drug-likeness (QED) is 0.562. The summed E-state index contributed by atoms with van der Waals surface area (Å²) in [5, 5.41) is 10.2. The van der Waals surface area contributed by atoms with Crippen molar-refractivity contribution in [2.24, 2.45) is 16.8 Å². The molecule has 7 rings (SSSR count). The Kier molecular flexibility index (Phi) is 4.56. The van der Waals surface area contributed by atoms with E-state index in [2.05, 4.69) is 17.1 Å². The zero-order chi connectivity index (χ0) is 24.4. The van der Waals surface area contributed by atoms with Crippen LogP contribution in [0.25, 0.3) is 22.0 Å². The number of rotatable bonds is 5. The van der Waals surface area contributed by atoms with Gasteiger partial charge in [-0.1, -0.05) is 36.4 Å². The van der Waals surface area contributed by atoms with E-state index in [0.717, 1.165) is 72.2 Å². The average molecular weight is 476 g/mol. The number of nitriles is 1. The van der Waals surface area contributed by atoms with Gasteiger partial charge in [0.2, 0.25) is 5.91 Å². The Balaban J connectivity index is 1.11. The van der Waals surface area contributed by atoms with Crippen molar-refractivity contribution in [3.05, 3.63) is 65.9 Å². The zero-order valence-electron chi connectivity index (χ0n) is 19.9. The number of hydrogen-bond acceptors (Lipinski definition) is 5. The molecule has 178 valence electrons. The summed E-state index contributed by atoms with van der Waals surface area (Å²) in [6.45, 7) is 2.09. The van der Waals surface area contributed by atoms with Crippen LogP contribution in [0.4, 0.5) is 0 Å². The van der Waals surface area contributed by atoms with E-state index in [1.165, 1.54) is 0 Å². The van der Waals surface area contributed by atoms with Crippen LogP contribution in [-0.4, -0.2) is 57.6 Å². The number of benzene rings is 2. The van der Waals surface area contributed by atoms with E-state index in [-0.39, 0.29) is 17.7 Å². The van der Waals surface area contributed by atoms with E-state index >= 15 is 0 Å². The third-order valence-electron chi connectivity index (χ3n) is 7.86. The second kappa shape index (κ2) is 7.72. The number of aliphatic imine (C=N–C) groups is 1. The van der Waals surface area contributed by atoms with Crippen LogP contribution >= 0.6 is 0 Å². The minimum absolute atomic E-state index is 0.113. The highest BCUT2D eigenvalue weighted by atomic mass is 16.2. The fourth-order valence-electron chi connectivity index (χ4n) is 5.37. The summed E-state index contributed by atoms with van der Waals surface area (Å²) < 4.78 is 0. The molecule has 0 radical (unpaired) electrons. The van der Waals surface area contributed by atoms with Crippen LogP contribution in [0, 0.1) is 23.2 Å². The number of fused-ring (bicyclic) bond motifs is 1. The summed E-state index contributed by atoms with van der Waals surface area (Å²) in [4.78, 5) is 38.7. The van der Waals surface area contributed by atoms with Crippen LogP contribution in [0.1, 0.15) is 36.9 Å². The SMILES string of the molecule is N#Cc1ccc2ccc(-c3ccc(C4=NC5(CC5)C(=O)N4CC4CN(C(=O)C5CC5)C4)cc3)cc2n1. The lowest BCUT2D eigenvalue weighted by Gasteiger charge is -2.41. The summed E-state index contributed by atoms with van der Waals surface area (Å²) in [5.41, 5.74) is 3.63. The summed E-state index contributed by atoms with van der Waals surface area (Å²) in [6, 6.07) is 20.0. The number of amidine groups is 1. The van der Waals surface area contributed by atoms with Gasteiger partial charge in [0.15, 0.2) is 0 Å². The minimum atomic E-state index is -0.552. The Bertz CT molecular complexity index is 1490. The van der Waals surface area contributed by atoms with Crippen molar-refractivity contribution >= 4 is 28.6 Å². The first kappa shape index (κ1) is 21.3. The van der Waals surface area contributed by atoms with Crippen LogP contribution < -0.4 is 0 Å². The molecule has 2 saturated carbocycles. The van der Waals surface area contributed by atoms with Gasteiger partial charge in [-0.05, 0) is 55.0 Å². The van der Waals surface area contributed by atoms with Crippen LogP contribution in [0.3, 0.4) is 0 Å². The van der Waals surface area contributed by atoms with Crippen LogP contribution in [-0.2, 0) is 9.59 Å². The van der Waals surface area contributed by atoms with Gasteiger partial charge in [-0.3, -0.25) is 19.5 Å². The fourth-order valence-corrected chi connectivity index (χ4v) is 5.37. The van der Waals surface area contributed by atoms with Gasteiger partial charge >= 0.3 is 0 Å². The van der Waals surface area contributed by atoms with Gasteiger partial charge in [0.05, 0.1) is 5.52 Å². The first-order valence-corrected chi connectivity index (χ1v) is 12.7. The van der Waals surface area contributed by atoms with Gasteiger partial charge in [0.1, 0.15) is 23.1 Å². The molecule has 1 aromatic heterocycles. The van der Waals surface area contributed by atoms with Crippen molar-refractivity contribution < 1.29 is 9.59 Å². The molecule has 0 bridgehead atoms. The topological polar surface area (TPSA) is 89.7 Å². The number of pyridine rings is 1. The molecule has 3 fully saturated rings. The van der Waals surface area contributed by atoms with Crippen LogP contribution in [0.15, 0.2) is 59.6 Å². The van der Waals surface area contributed by atoms with E-state index in [4.69, 9.17) is 10.3 Å². The molecule has 7 nitrogen and oxygen atoms in total. The van der Waals surface area contributed by atoms with E-state index in [1.807, 2.05) is 52.3 Å². The second-order valence-corrected chi connectivity index (χ2v) is 10.6. The maximum absolute atomic E-state index is 13.2. The predicted octanol–water partition coefficient (Wildman–Crippen LogP) is 3.76. The number of hydrogen-bond donors (Lipinski definition) is 0. The van der Waals surface area contributed by atoms with Crippen molar-refractivity contribution in [2.45, 2.75) is 31.2 Å². The van der Waals surface area contributed by atoms with Gasteiger partial charge in [-0.2, -0.15) is 5.26 Å². The molecule has 0 atom stereocenters. The Labute approximate surface area is 209 Å². The summed E-state index contributed by atoms with van der Waals surface area (Å²) in [5.74, 6) is 1.71. The summed E-state index contributed by atoms with van der Waals surface area (Å²) in [6.07, 6.45) is 3.68. The number of likely N-dealkylation sites (tertiary alicyclic amines) is 1. The lowest BCUT2D eigenvalue weighted by molar-refractivity contribution is -0.139. The van der Waals surface area contributed by atoms with Crippen LogP contribution in [0.2, 0.25) is 0 Å². The third-order valence-corrected chi connectivity index (χ3v) is 7.86. The van der Waals surface area contributed by atoms with Gasteiger partial charge in [-0.15, -0.1) is 0 Å². The van der Waals surface area contributed by atoms with Crippen molar-refractivity contribution in [3.63, 3.8) is 0 Å². The molecule has 1 saturated heterocycles. The predicted molar refractivity (Wildman–Crippen MR) is 135 cm³/mol. The third kappa shape index (κ3) is 3.48. The smallest absolute Gasteiger partial charge is 0.256 e. The average Bonchev–Trinajstić information content (AvgIpc) is 3.81. The van der Waals surface area contributed by atoms with E-state index in [9.17, 15) is 9.59 Å². The Morgan fingerprint density at radius 3 is 2.39 bits per heavy atom. The van der Waals surface area contributed by atoms with Gasteiger partial charge in [0, 0.05) is 42.4 Å². The number of carbonyl (C=O) groups excluding carboxylic acids is 2. The molecule has 2 aliphatic heterocycles. The molecule has 2 aliphatic carbocycles. The number of nitrogens with zero attached hydrogens (tertiary/aromatic N) is 5. The maximum atomic E-state index is 13.2. The normalized spacial score (nSPS) is 20.4. The Morgan fingerprint density at radius 1 is 1.00 bits per heavy atom. The van der Waals surface area contributed by atoms with Gasteiger partial charge < -0.3 is 4.90 Å². The minimum Gasteiger partial charge on any atom is -0.342 e. The number of carbonyl (C=O) groups is 2. The van der Waals surface area contributed by atoms with Gasteiger partial charge in [0.25, 0.3) is 5.91 Å². The maximum Gasteiger partial charge on any atom is 0.256 e. The Morgan fingerprint density at radius 2 is 1.69 bits per heavy atom. The molecule has 3 heterocycles. The molecular weight excluding hydrogens is 450 g/mol. The van der Waals surface area contributed by atoms with E-state index < -0.39 is 5.54 Å². The first-order valence-electron chi connectivity index (χ1n) is 12.7. The fraction of sp³-hybridized carbons (Fsp3) is 0.345. The molecule has 2 aromatic carbocycles. The molecule has 2 amide bonds. The largest absolute Gasteiger partial charge is 0.342 e.